The van der Waals surface area contributed by atoms with E-state index in [1.165, 1.54) is 6.07 Å². The largest absolute Gasteiger partial charge is 0.487 e. The first kappa shape index (κ1) is 21.3. The van der Waals surface area contributed by atoms with Gasteiger partial charge in [0.2, 0.25) is 0 Å². The molecule has 2 aromatic carbocycles. The van der Waals surface area contributed by atoms with Crippen molar-refractivity contribution in [1.29, 1.82) is 0 Å². The molecule has 2 unspecified atom stereocenters. The van der Waals surface area contributed by atoms with Crippen molar-refractivity contribution in [2.45, 2.75) is 45.1 Å². The maximum Gasteiger partial charge on any atom is 0.165 e. The molecule has 0 radical (unpaired) electrons. The Kier molecular flexibility index (Phi) is 5.90. The summed E-state index contributed by atoms with van der Waals surface area (Å²) in [6, 6.07) is 16.1. The quantitative estimate of drug-likeness (QED) is 0.356. The third kappa shape index (κ3) is 4.65. The number of para-hydroxylation sites is 1. The number of H-pyrrole nitrogens is 1. The Hall–Kier alpha value is -3.54. The number of Topliss-reactive ketones (excluding diaryl/α,β-unsaturated/α-hetero) is 1. The van der Waals surface area contributed by atoms with Gasteiger partial charge in [0.15, 0.2) is 17.3 Å². The van der Waals surface area contributed by atoms with Crippen molar-refractivity contribution in [3.05, 3.63) is 77.9 Å². The molecule has 0 amide bonds. The highest BCUT2D eigenvalue weighted by Crippen LogP contribution is 2.32. The topological polar surface area (TPSA) is 67.9 Å². The van der Waals surface area contributed by atoms with E-state index < -0.39 is 0 Å². The molecule has 0 bridgehead atoms. The number of hydrogen-bond acceptors (Lipinski definition) is 4. The Morgan fingerprint density at radius 2 is 2.03 bits per heavy atom. The summed E-state index contributed by atoms with van der Waals surface area (Å²) in [7, 11) is 0. The van der Waals surface area contributed by atoms with Crippen LogP contribution in [0.25, 0.3) is 22.2 Å². The predicted octanol–water partition coefficient (Wildman–Crippen LogP) is 6.28. The van der Waals surface area contributed by atoms with Crippen LogP contribution in [0.5, 0.6) is 5.75 Å². The Morgan fingerprint density at radius 3 is 2.88 bits per heavy atom. The average molecular weight is 444 g/mol. The van der Waals surface area contributed by atoms with Gasteiger partial charge in [0.05, 0.1) is 11.6 Å². The molecule has 6 heteroatoms. The smallest absolute Gasteiger partial charge is 0.165 e. The van der Waals surface area contributed by atoms with Crippen molar-refractivity contribution in [1.82, 2.24) is 15.2 Å². The minimum atomic E-state index is -0.343. The van der Waals surface area contributed by atoms with Gasteiger partial charge in [0.1, 0.15) is 5.69 Å². The van der Waals surface area contributed by atoms with E-state index >= 15 is 0 Å². The average Bonchev–Trinajstić information content (AvgIpc) is 3.24. The van der Waals surface area contributed by atoms with Gasteiger partial charge in [0.25, 0.3) is 0 Å². The molecule has 168 valence electrons. The molecular weight excluding hydrogens is 417 g/mol. The lowest BCUT2D eigenvalue weighted by Crippen LogP contribution is -2.27. The molecular formula is C27H26FN3O2. The van der Waals surface area contributed by atoms with Crippen LogP contribution in [-0.4, -0.2) is 27.1 Å². The van der Waals surface area contributed by atoms with Crippen LogP contribution in [0.15, 0.2) is 60.8 Å². The predicted molar refractivity (Wildman–Crippen MR) is 126 cm³/mol. The van der Waals surface area contributed by atoms with E-state index in [4.69, 9.17) is 4.74 Å². The fourth-order valence-corrected chi connectivity index (χ4v) is 4.73. The number of ether oxygens (including phenoxy) is 1. The van der Waals surface area contributed by atoms with Crippen molar-refractivity contribution in [2.24, 2.45) is 5.92 Å². The van der Waals surface area contributed by atoms with Gasteiger partial charge in [-0.15, -0.1) is 0 Å². The Morgan fingerprint density at radius 1 is 1.15 bits per heavy atom. The van der Waals surface area contributed by atoms with Crippen LogP contribution >= 0.6 is 0 Å². The summed E-state index contributed by atoms with van der Waals surface area (Å²) < 4.78 is 19.9. The number of halogens is 1. The summed E-state index contributed by atoms with van der Waals surface area (Å²) in [5.74, 6) is 0.292. The molecule has 0 spiro atoms. The van der Waals surface area contributed by atoms with E-state index in [0.29, 0.717) is 17.7 Å². The van der Waals surface area contributed by atoms with Gasteiger partial charge in [-0.05, 0) is 81.0 Å². The first-order valence-corrected chi connectivity index (χ1v) is 11.4. The zero-order valence-electron chi connectivity index (χ0n) is 18.6. The summed E-state index contributed by atoms with van der Waals surface area (Å²) in [5, 5.41) is 8.45. The number of hydrogen-bond donors (Lipinski definition) is 1. The second-order valence-electron chi connectivity index (χ2n) is 8.85. The number of fused-ring (bicyclic) bond motifs is 1. The van der Waals surface area contributed by atoms with Crippen molar-refractivity contribution in [3.63, 3.8) is 0 Å². The Bertz CT molecular complexity index is 1300. The molecule has 2 heterocycles. The standard InChI is InChI=1S/C27H26FN3O2/c1-17-13-20(11-12-29-17)27-22-16-19(9-10-24(22)30-31-27)25(32)15-18-5-4-6-21(14-18)33-26-8-3-2-7-23(26)28/h2-3,7-13,16,18,21H,4-6,14-15H2,1H3,(H,30,31). The number of aryl methyl sites for hydroxylation is 1. The fraction of sp³-hybridized carbons (Fsp3) is 0.296. The van der Waals surface area contributed by atoms with Crippen LogP contribution < -0.4 is 4.74 Å². The van der Waals surface area contributed by atoms with Crippen LogP contribution in [0.4, 0.5) is 4.39 Å². The maximum atomic E-state index is 14.0. The summed E-state index contributed by atoms with van der Waals surface area (Å²) >= 11 is 0. The van der Waals surface area contributed by atoms with Gasteiger partial charge in [-0.25, -0.2) is 4.39 Å². The van der Waals surface area contributed by atoms with Crippen molar-refractivity contribution >= 4 is 16.7 Å². The second-order valence-corrected chi connectivity index (χ2v) is 8.85. The molecule has 1 N–H and O–H groups in total. The minimum Gasteiger partial charge on any atom is -0.487 e. The molecule has 4 aromatic rings. The third-order valence-electron chi connectivity index (χ3n) is 6.39. The van der Waals surface area contributed by atoms with E-state index in [0.717, 1.165) is 53.5 Å². The molecule has 2 atom stereocenters. The van der Waals surface area contributed by atoms with Gasteiger partial charge < -0.3 is 4.74 Å². The van der Waals surface area contributed by atoms with E-state index in [-0.39, 0.29) is 23.6 Å². The van der Waals surface area contributed by atoms with E-state index in [9.17, 15) is 9.18 Å². The van der Waals surface area contributed by atoms with Gasteiger partial charge in [0, 0.05) is 34.8 Å². The lowest BCUT2D eigenvalue weighted by Gasteiger charge is -2.29. The van der Waals surface area contributed by atoms with Crippen LogP contribution in [0, 0.1) is 18.7 Å². The number of carbonyl (C=O) groups excluding carboxylic acids is 1. The zero-order chi connectivity index (χ0) is 22.8. The molecule has 5 rings (SSSR count). The number of aromatic nitrogens is 3. The zero-order valence-corrected chi connectivity index (χ0v) is 18.6. The monoisotopic (exact) mass is 443 g/mol. The van der Waals surface area contributed by atoms with Crippen LogP contribution in [-0.2, 0) is 0 Å². The van der Waals surface area contributed by atoms with E-state index in [1.54, 1.807) is 24.4 Å². The molecule has 2 aromatic heterocycles. The van der Waals surface area contributed by atoms with Gasteiger partial charge >= 0.3 is 0 Å². The highest BCUT2D eigenvalue weighted by molar-refractivity contribution is 6.02. The number of nitrogens with one attached hydrogen (secondary N) is 1. The van der Waals surface area contributed by atoms with Crippen LogP contribution in [0.3, 0.4) is 0 Å². The molecule has 0 saturated heterocycles. The van der Waals surface area contributed by atoms with Gasteiger partial charge in [-0.1, -0.05) is 12.1 Å². The lowest BCUT2D eigenvalue weighted by atomic mass is 9.83. The first-order chi connectivity index (χ1) is 16.1. The molecule has 1 saturated carbocycles. The number of nitrogens with zero attached hydrogens (tertiary/aromatic N) is 2. The highest BCUT2D eigenvalue weighted by Gasteiger charge is 2.26. The minimum absolute atomic E-state index is 0.0636. The van der Waals surface area contributed by atoms with Crippen LogP contribution in [0.2, 0.25) is 0 Å². The summed E-state index contributed by atoms with van der Waals surface area (Å²) in [5.41, 5.74) is 4.29. The van der Waals surface area contributed by atoms with Gasteiger partial charge in [-0.2, -0.15) is 5.10 Å². The lowest BCUT2D eigenvalue weighted by molar-refractivity contribution is 0.0874. The number of carbonyl (C=O) groups is 1. The van der Waals surface area contributed by atoms with Crippen molar-refractivity contribution < 1.29 is 13.9 Å². The number of ketones is 1. The second kappa shape index (κ2) is 9.14. The van der Waals surface area contributed by atoms with E-state index in [1.807, 2.05) is 37.3 Å². The summed E-state index contributed by atoms with van der Waals surface area (Å²) in [6.07, 6.45) is 5.77. The number of aromatic amines is 1. The molecule has 33 heavy (non-hydrogen) atoms. The summed E-state index contributed by atoms with van der Waals surface area (Å²) in [4.78, 5) is 17.4. The third-order valence-corrected chi connectivity index (χ3v) is 6.39. The first-order valence-electron chi connectivity index (χ1n) is 11.4. The van der Waals surface area contributed by atoms with E-state index in [2.05, 4.69) is 15.2 Å². The molecule has 5 nitrogen and oxygen atoms in total. The summed E-state index contributed by atoms with van der Waals surface area (Å²) in [6.45, 7) is 1.95. The SMILES string of the molecule is Cc1cc(-c2n[nH]c3ccc(C(=O)CC4CCCC(Oc5ccccc5F)C4)cc23)ccn1. The van der Waals surface area contributed by atoms with Crippen molar-refractivity contribution in [3.8, 4) is 17.0 Å². The molecule has 1 aliphatic rings. The number of pyridine rings is 1. The Balaban J connectivity index is 1.30. The molecule has 0 aliphatic heterocycles. The van der Waals surface area contributed by atoms with Gasteiger partial charge in [-0.3, -0.25) is 14.9 Å². The molecule has 1 aliphatic carbocycles. The molecule has 1 fully saturated rings. The van der Waals surface area contributed by atoms with Crippen LogP contribution in [0.1, 0.15) is 48.2 Å². The number of benzene rings is 2. The highest BCUT2D eigenvalue weighted by atomic mass is 19.1. The fourth-order valence-electron chi connectivity index (χ4n) is 4.73. The van der Waals surface area contributed by atoms with Crippen molar-refractivity contribution in [2.75, 3.05) is 0 Å². The number of rotatable bonds is 6. The normalized spacial score (nSPS) is 18.4. The Labute approximate surface area is 192 Å². The maximum absolute atomic E-state index is 14.0.